The Morgan fingerprint density at radius 1 is 1.44 bits per heavy atom. The van der Waals surface area contributed by atoms with Gasteiger partial charge in [0.2, 0.25) is 0 Å². The molecule has 3 nitrogen and oxygen atoms in total. The summed E-state index contributed by atoms with van der Waals surface area (Å²) in [6, 6.07) is 0.552. The van der Waals surface area contributed by atoms with Crippen molar-refractivity contribution < 1.29 is 4.74 Å². The molecule has 4 unspecified atom stereocenters. The van der Waals surface area contributed by atoms with Gasteiger partial charge in [-0.15, -0.1) is 0 Å². The van der Waals surface area contributed by atoms with Gasteiger partial charge in [0.05, 0.1) is 13.2 Å². The minimum Gasteiger partial charge on any atom is -0.379 e. The van der Waals surface area contributed by atoms with Gasteiger partial charge in [0.1, 0.15) is 0 Å². The fourth-order valence-electron chi connectivity index (χ4n) is 4.52. The quantitative estimate of drug-likeness (QED) is 0.766. The minimum absolute atomic E-state index is 0.326. The summed E-state index contributed by atoms with van der Waals surface area (Å²) in [6.07, 6.45) is 5.64. The Kier molecular flexibility index (Phi) is 2.73. The van der Waals surface area contributed by atoms with E-state index in [0.717, 1.165) is 38.1 Å². The molecule has 1 heterocycles. The molecule has 2 aliphatic carbocycles. The van der Waals surface area contributed by atoms with Crippen LogP contribution in [0.15, 0.2) is 0 Å². The highest BCUT2D eigenvalue weighted by molar-refractivity contribution is 5.09. The maximum Gasteiger partial charge on any atom is 0.0620 e. The topological polar surface area (TPSA) is 38.5 Å². The maximum atomic E-state index is 6.17. The Morgan fingerprint density at radius 2 is 2.31 bits per heavy atom. The highest BCUT2D eigenvalue weighted by Crippen LogP contribution is 2.53. The summed E-state index contributed by atoms with van der Waals surface area (Å²) in [5, 5.41) is 0. The molecule has 2 bridgehead atoms. The van der Waals surface area contributed by atoms with E-state index in [2.05, 4.69) is 11.8 Å². The van der Waals surface area contributed by atoms with Crippen LogP contribution in [-0.2, 0) is 4.74 Å². The Hall–Kier alpha value is -0.120. The summed E-state index contributed by atoms with van der Waals surface area (Å²) >= 11 is 0. The van der Waals surface area contributed by atoms with Gasteiger partial charge in [-0.2, -0.15) is 0 Å². The fraction of sp³-hybridized carbons (Fsp3) is 1.00. The predicted molar refractivity (Wildman–Crippen MR) is 64.2 cm³/mol. The van der Waals surface area contributed by atoms with Gasteiger partial charge >= 0.3 is 0 Å². The molecule has 0 aromatic carbocycles. The van der Waals surface area contributed by atoms with Crippen LogP contribution in [0.3, 0.4) is 0 Å². The van der Waals surface area contributed by atoms with Crippen molar-refractivity contribution in [1.29, 1.82) is 0 Å². The number of fused-ring (bicyclic) bond motifs is 2. The van der Waals surface area contributed by atoms with E-state index >= 15 is 0 Å². The van der Waals surface area contributed by atoms with Crippen LogP contribution in [-0.4, -0.2) is 42.8 Å². The van der Waals surface area contributed by atoms with Crippen LogP contribution in [0.25, 0.3) is 0 Å². The van der Waals surface area contributed by atoms with Crippen molar-refractivity contribution in [2.45, 2.75) is 44.2 Å². The zero-order valence-electron chi connectivity index (χ0n) is 10.3. The van der Waals surface area contributed by atoms with Gasteiger partial charge < -0.3 is 10.5 Å². The van der Waals surface area contributed by atoms with Crippen molar-refractivity contribution in [2.24, 2.45) is 17.6 Å². The van der Waals surface area contributed by atoms with Crippen LogP contribution in [0.5, 0.6) is 0 Å². The Balaban J connectivity index is 1.84. The van der Waals surface area contributed by atoms with E-state index < -0.39 is 0 Å². The van der Waals surface area contributed by atoms with Crippen LogP contribution >= 0.6 is 0 Å². The molecule has 3 fully saturated rings. The maximum absolute atomic E-state index is 6.17. The monoisotopic (exact) mass is 224 g/mol. The summed E-state index contributed by atoms with van der Waals surface area (Å²) in [4.78, 5) is 2.68. The first-order chi connectivity index (χ1) is 7.76. The van der Waals surface area contributed by atoms with Crippen LogP contribution in [0.1, 0.15) is 32.6 Å². The Labute approximate surface area is 98.3 Å². The third kappa shape index (κ3) is 1.45. The SMILES string of the molecule is CC1COCCN1C1(CN)CC2CCC1C2. The van der Waals surface area contributed by atoms with Gasteiger partial charge in [-0.25, -0.2) is 0 Å². The Morgan fingerprint density at radius 3 is 2.88 bits per heavy atom. The predicted octanol–water partition coefficient (Wildman–Crippen LogP) is 1.22. The van der Waals surface area contributed by atoms with Gasteiger partial charge in [0.15, 0.2) is 0 Å². The zero-order valence-corrected chi connectivity index (χ0v) is 10.3. The molecule has 4 atom stereocenters. The minimum atomic E-state index is 0.326. The van der Waals surface area contributed by atoms with Crippen molar-refractivity contribution in [3.63, 3.8) is 0 Å². The Bertz CT molecular complexity index is 271. The smallest absolute Gasteiger partial charge is 0.0620 e. The second kappa shape index (κ2) is 3.97. The molecule has 0 aromatic rings. The molecular weight excluding hydrogens is 200 g/mol. The van der Waals surface area contributed by atoms with E-state index in [9.17, 15) is 0 Å². The largest absolute Gasteiger partial charge is 0.379 e. The molecule has 0 aromatic heterocycles. The number of hydrogen-bond donors (Lipinski definition) is 1. The average Bonchev–Trinajstić information content (AvgIpc) is 2.90. The molecule has 0 amide bonds. The number of morpholine rings is 1. The second-order valence-corrected chi connectivity index (χ2v) is 6.01. The number of nitrogens with zero attached hydrogens (tertiary/aromatic N) is 1. The lowest BCUT2D eigenvalue weighted by atomic mass is 9.78. The highest BCUT2D eigenvalue weighted by Gasteiger charge is 2.54. The molecule has 1 aliphatic heterocycles. The van der Waals surface area contributed by atoms with E-state index in [4.69, 9.17) is 10.5 Å². The normalized spacial score (nSPS) is 48.8. The standard InChI is InChI=1S/C13H24N2O/c1-10-8-16-5-4-15(10)13(9-14)7-11-2-3-12(13)6-11/h10-12H,2-9,14H2,1H3. The molecule has 2 saturated carbocycles. The lowest BCUT2D eigenvalue weighted by molar-refractivity contribution is -0.0753. The van der Waals surface area contributed by atoms with E-state index in [1.165, 1.54) is 25.7 Å². The molecule has 16 heavy (non-hydrogen) atoms. The van der Waals surface area contributed by atoms with E-state index in [0.29, 0.717) is 11.6 Å². The summed E-state index contributed by atoms with van der Waals surface area (Å²) in [7, 11) is 0. The summed E-state index contributed by atoms with van der Waals surface area (Å²) < 4.78 is 5.56. The first-order valence-electron chi connectivity index (χ1n) is 6.81. The van der Waals surface area contributed by atoms with Crippen LogP contribution in [0.2, 0.25) is 0 Å². The van der Waals surface area contributed by atoms with E-state index in [-0.39, 0.29) is 0 Å². The molecule has 3 heteroatoms. The molecule has 92 valence electrons. The van der Waals surface area contributed by atoms with Gasteiger partial charge in [-0.05, 0) is 38.0 Å². The lowest BCUT2D eigenvalue weighted by Crippen LogP contribution is -2.63. The molecule has 0 spiro atoms. The molecule has 3 aliphatic rings. The fourth-order valence-corrected chi connectivity index (χ4v) is 4.52. The van der Waals surface area contributed by atoms with Crippen molar-refractivity contribution in [3.05, 3.63) is 0 Å². The van der Waals surface area contributed by atoms with E-state index in [1.807, 2.05) is 0 Å². The van der Waals surface area contributed by atoms with Crippen molar-refractivity contribution in [2.75, 3.05) is 26.3 Å². The van der Waals surface area contributed by atoms with Crippen LogP contribution in [0.4, 0.5) is 0 Å². The molecular formula is C13H24N2O. The number of rotatable bonds is 2. The van der Waals surface area contributed by atoms with E-state index in [1.54, 1.807) is 0 Å². The van der Waals surface area contributed by atoms with Gasteiger partial charge in [0, 0.05) is 24.7 Å². The van der Waals surface area contributed by atoms with Crippen molar-refractivity contribution >= 4 is 0 Å². The first kappa shape index (κ1) is 11.0. The summed E-state index contributed by atoms with van der Waals surface area (Å²) in [5.74, 6) is 1.83. The second-order valence-electron chi connectivity index (χ2n) is 6.01. The number of nitrogens with two attached hydrogens (primary N) is 1. The zero-order chi connectivity index (χ0) is 11.2. The number of ether oxygens (including phenoxy) is 1. The van der Waals surface area contributed by atoms with Gasteiger partial charge in [-0.1, -0.05) is 6.42 Å². The third-order valence-electron chi connectivity index (χ3n) is 5.24. The average molecular weight is 224 g/mol. The van der Waals surface area contributed by atoms with Crippen molar-refractivity contribution in [3.8, 4) is 0 Å². The summed E-state index contributed by atoms with van der Waals surface area (Å²) in [5.41, 5.74) is 6.49. The summed E-state index contributed by atoms with van der Waals surface area (Å²) in [6.45, 7) is 6.01. The molecule has 2 N–H and O–H groups in total. The molecule has 3 rings (SSSR count). The molecule has 0 radical (unpaired) electrons. The third-order valence-corrected chi connectivity index (χ3v) is 5.24. The molecule has 1 saturated heterocycles. The highest BCUT2D eigenvalue weighted by atomic mass is 16.5. The van der Waals surface area contributed by atoms with Gasteiger partial charge in [-0.3, -0.25) is 4.90 Å². The number of hydrogen-bond acceptors (Lipinski definition) is 3. The van der Waals surface area contributed by atoms with Gasteiger partial charge in [0.25, 0.3) is 0 Å². The van der Waals surface area contributed by atoms with Crippen LogP contribution in [0, 0.1) is 11.8 Å². The van der Waals surface area contributed by atoms with Crippen molar-refractivity contribution in [1.82, 2.24) is 4.90 Å². The van der Waals surface area contributed by atoms with Crippen LogP contribution < -0.4 is 5.73 Å². The lowest BCUT2D eigenvalue weighted by Gasteiger charge is -2.51. The first-order valence-corrected chi connectivity index (χ1v) is 6.81.